The van der Waals surface area contributed by atoms with E-state index in [0.717, 1.165) is 5.69 Å². The highest BCUT2D eigenvalue weighted by Gasteiger charge is 2.39. The number of amides is 2. The second kappa shape index (κ2) is 6.25. The van der Waals surface area contributed by atoms with Gasteiger partial charge in [0.05, 0.1) is 12.1 Å². The van der Waals surface area contributed by atoms with Crippen LogP contribution in [0.3, 0.4) is 0 Å². The first-order valence-electron chi connectivity index (χ1n) is 8.33. The van der Waals surface area contributed by atoms with Crippen molar-refractivity contribution in [2.45, 2.75) is 12.5 Å². The quantitative estimate of drug-likeness (QED) is 0.850. The summed E-state index contributed by atoms with van der Waals surface area (Å²) in [7, 11) is 3.87. The molecule has 2 aromatic carbocycles. The topological polar surface area (TPSA) is 71.1 Å². The van der Waals surface area contributed by atoms with Gasteiger partial charge >= 0.3 is 0 Å². The number of carbonyl (C=O) groups is 2. The van der Waals surface area contributed by atoms with Gasteiger partial charge in [-0.25, -0.2) is 4.90 Å². The van der Waals surface area contributed by atoms with E-state index in [4.69, 9.17) is 9.47 Å². The molecule has 0 bridgehead atoms. The summed E-state index contributed by atoms with van der Waals surface area (Å²) >= 11 is 0. The summed E-state index contributed by atoms with van der Waals surface area (Å²) in [5.74, 6) is 0.825. The molecule has 2 amide bonds. The standard InChI is InChI=1S/C19H19N3O4/c1-21(2)13-4-6-14(7-5-13)22-18(23)10-15(19(22)24)20-12-3-8-16-17(9-12)26-11-25-16/h3-9,15,20H,10-11H2,1-2H3/t15-/m0/s1. The first kappa shape index (κ1) is 16.3. The number of hydrogen-bond acceptors (Lipinski definition) is 6. The number of fused-ring (bicyclic) bond motifs is 1. The normalized spacial score (nSPS) is 18.4. The highest BCUT2D eigenvalue weighted by molar-refractivity contribution is 6.23. The Hall–Kier alpha value is -3.22. The average molecular weight is 353 g/mol. The minimum Gasteiger partial charge on any atom is -0.454 e. The fourth-order valence-corrected chi connectivity index (χ4v) is 3.10. The smallest absolute Gasteiger partial charge is 0.256 e. The first-order chi connectivity index (χ1) is 12.5. The summed E-state index contributed by atoms with van der Waals surface area (Å²) in [5.41, 5.74) is 2.30. The lowest BCUT2D eigenvalue weighted by Crippen LogP contribution is -2.34. The Kier molecular flexibility index (Phi) is 3.91. The lowest BCUT2D eigenvalue weighted by molar-refractivity contribution is -0.121. The lowest BCUT2D eigenvalue weighted by atomic mass is 10.2. The molecule has 2 heterocycles. The second-order valence-electron chi connectivity index (χ2n) is 6.45. The zero-order valence-corrected chi connectivity index (χ0v) is 14.6. The van der Waals surface area contributed by atoms with Crippen LogP contribution in [0, 0.1) is 0 Å². The summed E-state index contributed by atoms with van der Waals surface area (Å²) in [5, 5.41) is 3.12. The number of rotatable bonds is 4. The Balaban J connectivity index is 1.51. The highest BCUT2D eigenvalue weighted by atomic mass is 16.7. The molecule has 1 atom stereocenters. The Bertz CT molecular complexity index is 864. The van der Waals surface area contributed by atoms with Gasteiger partial charge in [0.25, 0.3) is 5.91 Å². The van der Waals surface area contributed by atoms with Crippen molar-refractivity contribution in [3.8, 4) is 11.5 Å². The summed E-state index contributed by atoms with van der Waals surface area (Å²) in [6.45, 7) is 0.191. The molecule has 0 spiro atoms. The molecule has 134 valence electrons. The van der Waals surface area contributed by atoms with Gasteiger partial charge in [-0.15, -0.1) is 0 Å². The van der Waals surface area contributed by atoms with E-state index < -0.39 is 6.04 Å². The van der Waals surface area contributed by atoms with Crippen LogP contribution in [0.15, 0.2) is 42.5 Å². The van der Waals surface area contributed by atoms with Crippen molar-refractivity contribution in [3.05, 3.63) is 42.5 Å². The van der Waals surface area contributed by atoms with Crippen LogP contribution in [-0.4, -0.2) is 38.7 Å². The maximum absolute atomic E-state index is 12.7. The number of ether oxygens (including phenoxy) is 2. The largest absolute Gasteiger partial charge is 0.454 e. The number of benzene rings is 2. The molecule has 2 aromatic rings. The molecule has 26 heavy (non-hydrogen) atoms. The van der Waals surface area contributed by atoms with Gasteiger partial charge in [-0.3, -0.25) is 9.59 Å². The van der Waals surface area contributed by atoms with Gasteiger partial charge in [-0.2, -0.15) is 0 Å². The summed E-state index contributed by atoms with van der Waals surface area (Å²) in [6.07, 6.45) is 0.114. The van der Waals surface area contributed by atoms with Crippen molar-refractivity contribution < 1.29 is 19.1 Å². The Morgan fingerprint density at radius 2 is 1.77 bits per heavy atom. The van der Waals surface area contributed by atoms with E-state index in [1.165, 1.54) is 4.90 Å². The lowest BCUT2D eigenvalue weighted by Gasteiger charge is -2.18. The van der Waals surface area contributed by atoms with Crippen LogP contribution in [0.2, 0.25) is 0 Å². The molecule has 7 nitrogen and oxygen atoms in total. The third-order valence-electron chi connectivity index (χ3n) is 4.48. The van der Waals surface area contributed by atoms with Gasteiger partial charge in [0.1, 0.15) is 6.04 Å². The minimum absolute atomic E-state index is 0.114. The molecular weight excluding hydrogens is 334 g/mol. The van der Waals surface area contributed by atoms with E-state index in [0.29, 0.717) is 22.9 Å². The van der Waals surface area contributed by atoms with E-state index >= 15 is 0 Å². The van der Waals surface area contributed by atoms with Gasteiger partial charge in [0.15, 0.2) is 11.5 Å². The van der Waals surface area contributed by atoms with Crippen molar-refractivity contribution in [3.63, 3.8) is 0 Å². The molecule has 7 heteroatoms. The van der Waals surface area contributed by atoms with Crippen molar-refractivity contribution in [1.29, 1.82) is 0 Å². The number of imide groups is 1. The summed E-state index contributed by atoms with van der Waals surface area (Å²) in [4.78, 5) is 28.4. The number of hydrogen-bond donors (Lipinski definition) is 1. The number of carbonyl (C=O) groups excluding carboxylic acids is 2. The molecule has 2 aliphatic rings. The van der Waals surface area contributed by atoms with Crippen molar-refractivity contribution in [2.24, 2.45) is 0 Å². The van der Waals surface area contributed by atoms with E-state index in [1.807, 2.05) is 31.1 Å². The minimum atomic E-state index is -0.601. The molecule has 1 N–H and O–H groups in total. The second-order valence-corrected chi connectivity index (χ2v) is 6.45. The van der Waals surface area contributed by atoms with Crippen molar-refractivity contribution in [2.75, 3.05) is 36.0 Å². The third-order valence-corrected chi connectivity index (χ3v) is 4.48. The predicted molar refractivity (Wildman–Crippen MR) is 97.9 cm³/mol. The van der Waals surface area contributed by atoms with Crippen LogP contribution in [0.25, 0.3) is 0 Å². The Morgan fingerprint density at radius 1 is 1.04 bits per heavy atom. The third kappa shape index (κ3) is 2.81. The summed E-state index contributed by atoms with van der Waals surface area (Å²) in [6, 6.07) is 12.1. The van der Waals surface area contributed by atoms with E-state index in [-0.39, 0.29) is 25.0 Å². The van der Waals surface area contributed by atoms with Gasteiger partial charge in [-0.1, -0.05) is 0 Å². The van der Waals surface area contributed by atoms with E-state index in [9.17, 15) is 9.59 Å². The molecule has 0 unspecified atom stereocenters. The summed E-state index contributed by atoms with van der Waals surface area (Å²) < 4.78 is 10.6. The maximum atomic E-state index is 12.7. The highest BCUT2D eigenvalue weighted by Crippen LogP contribution is 2.35. The van der Waals surface area contributed by atoms with Gasteiger partial charge in [0.2, 0.25) is 12.7 Å². The van der Waals surface area contributed by atoms with Crippen LogP contribution in [-0.2, 0) is 9.59 Å². The zero-order chi connectivity index (χ0) is 18.3. The molecule has 0 saturated carbocycles. The number of nitrogens with zero attached hydrogens (tertiary/aromatic N) is 2. The molecule has 2 aliphatic heterocycles. The number of anilines is 3. The zero-order valence-electron chi connectivity index (χ0n) is 14.6. The molecular formula is C19H19N3O4. The molecule has 1 fully saturated rings. The van der Waals surface area contributed by atoms with Gasteiger partial charge < -0.3 is 19.7 Å². The maximum Gasteiger partial charge on any atom is 0.256 e. The van der Waals surface area contributed by atoms with Gasteiger partial charge in [-0.05, 0) is 36.4 Å². The average Bonchev–Trinajstić information content (AvgIpc) is 3.19. The fourth-order valence-electron chi connectivity index (χ4n) is 3.10. The van der Waals surface area contributed by atoms with Crippen LogP contribution >= 0.6 is 0 Å². The monoisotopic (exact) mass is 353 g/mol. The molecule has 0 aromatic heterocycles. The van der Waals surface area contributed by atoms with Gasteiger partial charge in [0, 0.05) is 31.5 Å². The molecule has 0 aliphatic carbocycles. The SMILES string of the molecule is CN(C)c1ccc(N2C(=O)C[C@H](Nc3ccc4c(c3)OCO4)C2=O)cc1. The molecule has 1 saturated heterocycles. The van der Waals surface area contributed by atoms with Crippen LogP contribution in [0.1, 0.15) is 6.42 Å². The fraction of sp³-hybridized carbons (Fsp3) is 0.263. The van der Waals surface area contributed by atoms with Crippen molar-refractivity contribution in [1.82, 2.24) is 0 Å². The van der Waals surface area contributed by atoms with Crippen LogP contribution < -0.4 is 24.6 Å². The van der Waals surface area contributed by atoms with E-state index in [2.05, 4.69) is 5.32 Å². The van der Waals surface area contributed by atoms with Crippen LogP contribution in [0.4, 0.5) is 17.1 Å². The molecule has 4 rings (SSSR count). The predicted octanol–water partition coefficient (Wildman–Crippen LogP) is 2.23. The molecule has 0 radical (unpaired) electrons. The van der Waals surface area contributed by atoms with Crippen molar-refractivity contribution >= 4 is 28.9 Å². The Morgan fingerprint density at radius 3 is 2.50 bits per heavy atom. The van der Waals surface area contributed by atoms with E-state index in [1.54, 1.807) is 30.3 Å². The Labute approximate surface area is 151 Å². The van der Waals surface area contributed by atoms with Crippen LogP contribution in [0.5, 0.6) is 11.5 Å². The first-order valence-corrected chi connectivity index (χ1v) is 8.33. The number of nitrogens with one attached hydrogen (secondary N) is 1.